The fourth-order valence-corrected chi connectivity index (χ4v) is 3.48. The third-order valence-electron chi connectivity index (χ3n) is 4.24. The summed E-state index contributed by atoms with van der Waals surface area (Å²) in [4.78, 5) is 18.6. The van der Waals surface area contributed by atoms with E-state index in [2.05, 4.69) is 4.98 Å². The Morgan fingerprint density at radius 2 is 1.89 bits per heavy atom. The Balaban J connectivity index is 1.73. The van der Waals surface area contributed by atoms with E-state index in [0.29, 0.717) is 35.1 Å². The Labute approximate surface area is 166 Å². The molecule has 0 radical (unpaired) electrons. The first kappa shape index (κ1) is 19.9. The summed E-state index contributed by atoms with van der Waals surface area (Å²) in [6, 6.07) is 11.0. The molecule has 7 heteroatoms. The number of nitrogens with zero attached hydrogens (tertiary/aromatic N) is 2. The van der Waals surface area contributed by atoms with Crippen molar-refractivity contribution >= 4 is 17.2 Å². The molecule has 0 aliphatic heterocycles. The number of amides is 1. The first-order valence-corrected chi connectivity index (χ1v) is 9.81. The average molecular weight is 402 g/mol. The first-order chi connectivity index (χ1) is 13.5. The third-order valence-corrected chi connectivity index (χ3v) is 5.14. The lowest BCUT2D eigenvalue weighted by molar-refractivity contribution is 0.0768. The third kappa shape index (κ3) is 4.54. The number of hydrogen-bond donors (Lipinski definition) is 0. The SMILES string of the molecule is CCN(CC)C(=O)c1csc(-c2cccc(OCc3ccc(F)c(F)c3)c2)n1. The van der Waals surface area contributed by atoms with Gasteiger partial charge in [-0.3, -0.25) is 4.79 Å². The van der Waals surface area contributed by atoms with Gasteiger partial charge in [-0.05, 0) is 43.7 Å². The van der Waals surface area contributed by atoms with Crippen LogP contribution in [0.25, 0.3) is 10.6 Å². The highest BCUT2D eigenvalue weighted by atomic mass is 32.1. The molecule has 0 saturated heterocycles. The lowest BCUT2D eigenvalue weighted by Crippen LogP contribution is -2.30. The molecule has 0 saturated carbocycles. The van der Waals surface area contributed by atoms with Crippen LogP contribution in [0.3, 0.4) is 0 Å². The van der Waals surface area contributed by atoms with E-state index in [-0.39, 0.29) is 12.5 Å². The number of carbonyl (C=O) groups is 1. The van der Waals surface area contributed by atoms with Crippen LogP contribution in [0.4, 0.5) is 8.78 Å². The summed E-state index contributed by atoms with van der Waals surface area (Å²) in [5.41, 5.74) is 1.79. The zero-order valence-corrected chi connectivity index (χ0v) is 16.4. The average Bonchev–Trinajstić information content (AvgIpc) is 3.20. The second-order valence-corrected chi connectivity index (χ2v) is 6.94. The van der Waals surface area contributed by atoms with Crippen LogP contribution in [0.15, 0.2) is 47.8 Å². The monoisotopic (exact) mass is 402 g/mol. The van der Waals surface area contributed by atoms with Gasteiger partial charge in [0.25, 0.3) is 5.91 Å². The van der Waals surface area contributed by atoms with Crippen molar-refractivity contribution < 1.29 is 18.3 Å². The Hall–Kier alpha value is -2.80. The largest absolute Gasteiger partial charge is 0.489 e. The topological polar surface area (TPSA) is 42.4 Å². The van der Waals surface area contributed by atoms with E-state index in [0.717, 1.165) is 17.7 Å². The normalized spacial score (nSPS) is 10.7. The van der Waals surface area contributed by atoms with Crippen LogP contribution in [0.5, 0.6) is 5.75 Å². The van der Waals surface area contributed by atoms with Gasteiger partial charge in [-0.1, -0.05) is 18.2 Å². The predicted octanol–water partition coefficient (Wildman–Crippen LogP) is 5.15. The molecule has 1 amide bonds. The second-order valence-electron chi connectivity index (χ2n) is 6.08. The summed E-state index contributed by atoms with van der Waals surface area (Å²) in [6.07, 6.45) is 0. The summed E-state index contributed by atoms with van der Waals surface area (Å²) < 4.78 is 32.0. The van der Waals surface area contributed by atoms with Crippen LogP contribution in [0.2, 0.25) is 0 Å². The van der Waals surface area contributed by atoms with E-state index in [1.165, 1.54) is 17.4 Å². The van der Waals surface area contributed by atoms with Crippen LogP contribution >= 0.6 is 11.3 Å². The summed E-state index contributed by atoms with van der Waals surface area (Å²) in [5, 5.41) is 2.47. The molecule has 0 spiro atoms. The van der Waals surface area contributed by atoms with Crippen LogP contribution < -0.4 is 4.74 Å². The van der Waals surface area contributed by atoms with Gasteiger partial charge in [-0.2, -0.15) is 0 Å². The van der Waals surface area contributed by atoms with Crippen molar-refractivity contribution in [2.45, 2.75) is 20.5 Å². The second kappa shape index (κ2) is 8.93. The minimum Gasteiger partial charge on any atom is -0.489 e. The number of aromatic nitrogens is 1. The van der Waals surface area contributed by atoms with Gasteiger partial charge >= 0.3 is 0 Å². The summed E-state index contributed by atoms with van der Waals surface area (Å²) in [5.74, 6) is -1.29. The lowest BCUT2D eigenvalue weighted by Gasteiger charge is -2.16. The van der Waals surface area contributed by atoms with E-state index < -0.39 is 11.6 Å². The Morgan fingerprint density at radius 1 is 1.11 bits per heavy atom. The van der Waals surface area contributed by atoms with Crippen LogP contribution in [0, 0.1) is 11.6 Å². The number of ether oxygens (including phenoxy) is 1. The number of hydrogen-bond acceptors (Lipinski definition) is 4. The van der Waals surface area contributed by atoms with E-state index in [4.69, 9.17) is 4.74 Å². The maximum Gasteiger partial charge on any atom is 0.273 e. The molecular formula is C21H20F2N2O2S. The summed E-state index contributed by atoms with van der Waals surface area (Å²) >= 11 is 1.39. The van der Waals surface area contributed by atoms with Crippen molar-refractivity contribution in [3.05, 3.63) is 70.7 Å². The van der Waals surface area contributed by atoms with Crippen molar-refractivity contribution in [2.24, 2.45) is 0 Å². The molecule has 0 unspecified atom stereocenters. The number of thiazole rings is 1. The molecule has 0 aliphatic carbocycles. The Bertz CT molecular complexity index is 971. The number of halogens is 2. The molecule has 146 valence electrons. The first-order valence-electron chi connectivity index (χ1n) is 8.93. The Kier molecular flexibility index (Phi) is 6.36. The summed E-state index contributed by atoms with van der Waals surface area (Å²) in [6.45, 7) is 5.25. The number of rotatable bonds is 7. The number of carbonyl (C=O) groups excluding carboxylic acids is 1. The van der Waals surface area contributed by atoms with Crippen molar-refractivity contribution in [1.29, 1.82) is 0 Å². The standard InChI is InChI=1S/C21H20F2N2O2S/c1-3-25(4-2)21(26)19-13-28-20(24-19)15-6-5-7-16(11-15)27-12-14-8-9-17(22)18(23)10-14/h5-11,13H,3-4,12H2,1-2H3. The van der Waals surface area contributed by atoms with Crippen molar-refractivity contribution in [2.75, 3.05) is 13.1 Å². The van der Waals surface area contributed by atoms with E-state index >= 15 is 0 Å². The van der Waals surface area contributed by atoms with E-state index in [1.807, 2.05) is 32.0 Å². The molecular weight excluding hydrogens is 382 g/mol. The molecule has 0 bridgehead atoms. The molecule has 0 N–H and O–H groups in total. The maximum atomic E-state index is 13.3. The van der Waals surface area contributed by atoms with Gasteiger partial charge in [-0.15, -0.1) is 11.3 Å². The van der Waals surface area contributed by atoms with Gasteiger partial charge in [0, 0.05) is 24.0 Å². The van der Waals surface area contributed by atoms with Gasteiger partial charge in [0.1, 0.15) is 23.1 Å². The summed E-state index contributed by atoms with van der Waals surface area (Å²) in [7, 11) is 0. The molecule has 1 heterocycles. The quantitative estimate of drug-likeness (QED) is 0.549. The van der Waals surface area contributed by atoms with Crippen molar-refractivity contribution in [3.63, 3.8) is 0 Å². The molecule has 3 rings (SSSR count). The van der Waals surface area contributed by atoms with Crippen LogP contribution in [0.1, 0.15) is 29.9 Å². The minimum absolute atomic E-state index is 0.0850. The molecule has 2 aromatic carbocycles. The molecule has 28 heavy (non-hydrogen) atoms. The highest BCUT2D eigenvalue weighted by Crippen LogP contribution is 2.28. The smallest absolute Gasteiger partial charge is 0.273 e. The van der Waals surface area contributed by atoms with Gasteiger partial charge in [-0.25, -0.2) is 13.8 Å². The molecule has 3 aromatic rings. The van der Waals surface area contributed by atoms with Gasteiger partial charge in [0.15, 0.2) is 11.6 Å². The predicted molar refractivity (Wildman–Crippen MR) is 105 cm³/mol. The molecule has 0 aliphatic rings. The molecule has 0 fully saturated rings. The highest BCUT2D eigenvalue weighted by molar-refractivity contribution is 7.13. The maximum absolute atomic E-state index is 13.3. The fourth-order valence-electron chi connectivity index (χ4n) is 2.69. The van der Waals surface area contributed by atoms with Gasteiger partial charge < -0.3 is 9.64 Å². The zero-order chi connectivity index (χ0) is 20.1. The zero-order valence-electron chi connectivity index (χ0n) is 15.6. The minimum atomic E-state index is -0.900. The molecule has 4 nitrogen and oxygen atoms in total. The lowest BCUT2D eigenvalue weighted by atomic mass is 10.2. The van der Waals surface area contributed by atoms with E-state index in [9.17, 15) is 13.6 Å². The highest BCUT2D eigenvalue weighted by Gasteiger charge is 2.16. The van der Waals surface area contributed by atoms with Crippen molar-refractivity contribution in [3.8, 4) is 16.3 Å². The van der Waals surface area contributed by atoms with Gasteiger partial charge in [0.05, 0.1) is 0 Å². The molecule has 0 atom stereocenters. The number of benzene rings is 2. The Morgan fingerprint density at radius 3 is 2.61 bits per heavy atom. The van der Waals surface area contributed by atoms with Crippen LogP contribution in [-0.2, 0) is 6.61 Å². The van der Waals surface area contributed by atoms with E-state index in [1.54, 1.807) is 16.3 Å². The van der Waals surface area contributed by atoms with Crippen molar-refractivity contribution in [1.82, 2.24) is 9.88 Å². The molecule has 1 aromatic heterocycles. The van der Waals surface area contributed by atoms with Crippen LogP contribution in [-0.4, -0.2) is 28.9 Å². The fraction of sp³-hybridized carbons (Fsp3) is 0.238. The van der Waals surface area contributed by atoms with Gasteiger partial charge in [0.2, 0.25) is 0 Å².